The second-order valence-electron chi connectivity index (χ2n) is 6.16. The topological polar surface area (TPSA) is 62.3 Å². The smallest absolute Gasteiger partial charge is 0.243 e. The molecule has 1 N–H and O–H groups in total. The van der Waals surface area contributed by atoms with E-state index in [1.807, 2.05) is 24.3 Å². The van der Waals surface area contributed by atoms with Gasteiger partial charge in [-0.05, 0) is 48.2 Å². The third kappa shape index (κ3) is 2.56. The van der Waals surface area contributed by atoms with Gasteiger partial charge in [-0.3, -0.25) is 4.98 Å². The maximum atomic E-state index is 12.9. The van der Waals surface area contributed by atoms with Crippen LogP contribution in [0.3, 0.4) is 0 Å². The van der Waals surface area contributed by atoms with Gasteiger partial charge in [0.2, 0.25) is 10.0 Å². The molecule has 2 aromatic rings. The molecule has 120 valence electrons. The van der Waals surface area contributed by atoms with E-state index >= 15 is 0 Å². The van der Waals surface area contributed by atoms with Crippen molar-refractivity contribution < 1.29 is 8.42 Å². The van der Waals surface area contributed by atoms with Crippen molar-refractivity contribution in [2.45, 2.75) is 17.4 Å². The van der Waals surface area contributed by atoms with Crippen molar-refractivity contribution >= 4 is 10.0 Å². The Morgan fingerprint density at radius 3 is 2.65 bits per heavy atom. The van der Waals surface area contributed by atoms with Gasteiger partial charge in [-0.15, -0.1) is 0 Å². The van der Waals surface area contributed by atoms with Gasteiger partial charge in [0.05, 0.1) is 4.90 Å². The zero-order chi connectivity index (χ0) is 15.9. The predicted molar refractivity (Wildman–Crippen MR) is 88.3 cm³/mol. The SMILES string of the molecule is O=S(=O)(c1ccc(-c2cccnc2)cc1)N1CCC2CNCC21. The summed E-state index contributed by atoms with van der Waals surface area (Å²) >= 11 is 0. The van der Waals surface area contributed by atoms with Crippen molar-refractivity contribution in [3.8, 4) is 11.1 Å². The first-order valence-electron chi connectivity index (χ1n) is 7.89. The van der Waals surface area contributed by atoms with E-state index in [0.717, 1.165) is 30.6 Å². The third-order valence-corrected chi connectivity index (χ3v) is 6.79. The Kier molecular flexibility index (Phi) is 3.67. The fourth-order valence-electron chi connectivity index (χ4n) is 3.60. The number of hydrogen-bond donors (Lipinski definition) is 1. The molecular formula is C17H19N3O2S. The Balaban J connectivity index is 1.62. The molecule has 2 fully saturated rings. The van der Waals surface area contributed by atoms with E-state index in [0.29, 0.717) is 17.4 Å². The maximum Gasteiger partial charge on any atom is 0.243 e. The van der Waals surface area contributed by atoms with Crippen LogP contribution in [0.2, 0.25) is 0 Å². The highest BCUT2D eigenvalue weighted by atomic mass is 32.2. The van der Waals surface area contributed by atoms with E-state index in [2.05, 4.69) is 10.3 Å². The largest absolute Gasteiger partial charge is 0.315 e. The number of nitrogens with one attached hydrogen (secondary N) is 1. The van der Waals surface area contributed by atoms with Gasteiger partial charge in [0.1, 0.15) is 0 Å². The van der Waals surface area contributed by atoms with Gasteiger partial charge in [0.15, 0.2) is 0 Å². The summed E-state index contributed by atoms with van der Waals surface area (Å²) in [4.78, 5) is 4.47. The molecule has 5 nitrogen and oxygen atoms in total. The first-order chi connectivity index (χ1) is 11.2. The summed E-state index contributed by atoms with van der Waals surface area (Å²) in [6.07, 6.45) is 4.45. The summed E-state index contributed by atoms with van der Waals surface area (Å²) in [5.74, 6) is 0.458. The Morgan fingerprint density at radius 1 is 1.09 bits per heavy atom. The molecule has 1 aromatic heterocycles. The Labute approximate surface area is 136 Å². The summed E-state index contributed by atoms with van der Waals surface area (Å²) in [5, 5.41) is 3.30. The molecule has 2 saturated heterocycles. The van der Waals surface area contributed by atoms with Crippen molar-refractivity contribution in [2.75, 3.05) is 19.6 Å². The predicted octanol–water partition coefficient (Wildman–Crippen LogP) is 1.73. The molecule has 2 aliphatic rings. The Hall–Kier alpha value is -1.76. The lowest BCUT2D eigenvalue weighted by atomic mass is 10.1. The second kappa shape index (κ2) is 5.70. The summed E-state index contributed by atoms with van der Waals surface area (Å²) in [6, 6.07) is 11.1. The van der Waals surface area contributed by atoms with Gasteiger partial charge >= 0.3 is 0 Å². The van der Waals surface area contributed by atoms with Crippen LogP contribution >= 0.6 is 0 Å². The Morgan fingerprint density at radius 2 is 1.91 bits per heavy atom. The molecule has 4 rings (SSSR count). The molecule has 0 saturated carbocycles. The monoisotopic (exact) mass is 329 g/mol. The van der Waals surface area contributed by atoms with Crippen LogP contribution in [-0.4, -0.2) is 43.4 Å². The summed E-state index contributed by atoms with van der Waals surface area (Å²) in [5.41, 5.74) is 1.96. The Bertz CT molecular complexity index is 790. The molecule has 6 heteroatoms. The number of fused-ring (bicyclic) bond motifs is 1. The minimum Gasteiger partial charge on any atom is -0.315 e. The van der Waals surface area contributed by atoms with Crippen LogP contribution in [0.25, 0.3) is 11.1 Å². The molecule has 3 heterocycles. The molecule has 0 radical (unpaired) electrons. The summed E-state index contributed by atoms with van der Waals surface area (Å²) in [7, 11) is -3.41. The van der Waals surface area contributed by atoms with E-state index in [1.54, 1.807) is 28.8 Å². The van der Waals surface area contributed by atoms with Gasteiger partial charge in [-0.25, -0.2) is 8.42 Å². The number of benzene rings is 1. The number of sulfonamides is 1. The fraction of sp³-hybridized carbons (Fsp3) is 0.353. The highest BCUT2D eigenvalue weighted by Gasteiger charge is 2.43. The van der Waals surface area contributed by atoms with Crippen molar-refractivity contribution in [3.05, 3.63) is 48.8 Å². The van der Waals surface area contributed by atoms with Crippen LogP contribution < -0.4 is 5.32 Å². The van der Waals surface area contributed by atoms with Crippen LogP contribution in [0.4, 0.5) is 0 Å². The first-order valence-corrected chi connectivity index (χ1v) is 9.33. The minimum atomic E-state index is -3.41. The van der Waals surface area contributed by atoms with E-state index in [9.17, 15) is 8.42 Å². The number of hydrogen-bond acceptors (Lipinski definition) is 4. The van der Waals surface area contributed by atoms with Crippen LogP contribution in [0, 0.1) is 5.92 Å². The standard InChI is InChI=1S/C17H19N3O2S/c21-23(22,20-9-7-15-11-19-12-17(15)20)16-5-3-13(4-6-16)14-2-1-8-18-10-14/h1-6,8,10,15,17,19H,7,9,11-12H2. The first kappa shape index (κ1) is 14.8. The lowest BCUT2D eigenvalue weighted by Gasteiger charge is -2.22. The van der Waals surface area contributed by atoms with Crippen LogP contribution in [0.1, 0.15) is 6.42 Å². The number of nitrogens with zero attached hydrogens (tertiary/aromatic N) is 2. The molecule has 0 amide bonds. The third-order valence-electron chi connectivity index (χ3n) is 4.85. The molecule has 0 spiro atoms. The van der Waals surface area contributed by atoms with Crippen molar-refractivity contribution in [3.63, 3.8) is 0 Å². The molecule has 2 atom stereocenters. The average molecular weight is 329 g/mol. The summed E-state index contributed by atoms with van der Waals surface area (Å²) in [6.45, 7) is 2.32. The zero-order valence-corrected chi connectivity index (χ0v) is 13.5. The lowest BCUT2D eigenvalue weighted by molar-refractivity contribution is 0.383. The average Bonchev–Trinajstić information content (AvgIpc) is 3.19. The molecule has 0 bridgehead atoms. The van der Waals surface area contributed by atoms with E-state index < -0.39 is 10.0 Å². The molecule has 1 aromatic carbocycles. The number of aromatic nitrogens is 1. The zero-order valence-electron chi connectivity index (χ0n) is 12.7. The number of pyridine rings is 1. The highest BCUT2D eigenvalue weighted by Crippen LogP contribution is 2.32. The van der Waals surface area contributed by atoms with Crippen LogP contribution in [0.15, 0.2) is 53.7 Å². The molecule has 2 unspecified atom stereocenters. The van der Waals surface area contributed by atoms with Gasteiger partial charge in [0, 0.05) is 31.5 Å². The molecular weight excluding hydrogens is 310 g/mol. The van der Waals surface area contributed by atoms with Gasteiger partial charge in [-0.2, -0.15) is 4.31 Å². The second-order valence-corrected chi connectivity index (χ2v) is 8.05. The normalized spacial score (nSPS) is 24.7. The van der Waals surface area contributed by atoms with Crippen LogP contribution in [-0.2, 0) is 10.0 Å². The quantitative estimate of drug-likeness (QED) is 0.931. The van der Waals surface area contributed by atoms with Crippen molar-refractivity contribution in [1.29, 1.82) is 0 Å². The van der Waals surface area contributed by atoms with E-state index in [-0.39, 0.29) is 6.04 Å². The van der Waals surface area contributed by atoms with E-state index in [1.165, 1.54) is 0 Å². The van der Waals surface area contributed by atoms with Crippen molar-refractivity contribution in [1.82, 2.24) is 14.6 Å². The van der Waals surface area contributed by atoms with Gasteiger partial charge < -0.3 is 5.32 Å². The minimum absolute atomic E-state index is 0.109. The highest BCUT2D eigenvalue weighted by molar-refractivity contribution is 7.89. The lowest BCUT2D eigenvalue weighted by Crippen LogP contribution is -2.38. The molecule has 0 aliphatic carbocycles. The summed E-state index contributed by atoms with van der Waals surface area (Å²) < 4.78 is 27.5. The van der Waals surface area contributed by atoms with E-state index in [4.69, 9.17) is 0 Å². The van der Waals surface area contributed by atoms with Gasteiger partial charge in [0.25, 0.3) is 0 Å². The molecule has 2 aliphatic heterocycles. The number of rotatable bonds is 3. The van der Waals surface area contributed by atoms with Crippen LogP contribution in [0.5, 0.6) is 0 Å². The fourth-order valence-corrected chi connectivity index (χ4v) is 5.30. The maximum absolute atomic E-state index is 12.9. The van der Waals surface area contributed by atoms with Gasteiger partial charge in [-0.1, -0.05) is 18.2 Å². The van der Waals surface area contributed by atoms with Crippen molar-refractivity contribution in [2.24, 2.45) is 5.92 Å². The molecule has 23 heavy (non-hydrogen) atoms.